The summed E-state index contributed by atoms with van der Waals surface area (Å²) in [7, 11) is 1.65. The Morgan fingerprint density at radius 3 is 2.15 bits per heavy atom. The molecule has 3 rings (SSSR count). The molecule has 7 nitrogen and oxygen atoms in total. The third kappa shape index (κ3) is 11.4. The molecular weight excluding hydrogens is 559 g/mol. The summed E-state index contributed by atoms with van der Waals surface area (Å²) in [5.74, 6) is 0.514. The fourth-order valence-corrected chi connectivity index (χ4v) is 4.57. The van der Waals surface area contributed by atoms with Crippen molar-refractivity contribution in [1.82, 2.24) is 15.5 Å². The van der Waals surface area contributed by atoms with E-state index in [9.17, 15) is 9.59 Å². The number of rotatable bonds is 15. The fraction of sp³-hybridized carbons (Fsp3) is 0.375. The van der Waals surface area contributed by atoms with Gasteiger partial charge in [0.25, 0.3) is 11.8 Å². The van der Waals surface area contributed by atoms with Crippen LogP contribution in [0, 0.1) is 0 Å². The number of hydrogen-bond donors (Lipinski definition) is 3. The van der Waals surface area contributed by atoms with Crippen molar-refractivity contribution < 1.29 is 14.3 Å². The lowest BCUT2D eigenvalue weighted by molar-refractivity contribution is 0.0755. The van der Waals surface area contributed by atoms with Gasteiger partial charge in [-0.2, -0.15) is 0 Å². The molecule has 0 spiro atoms. The summed E-state index contributed by atoms with van der Waals surface area (Å²) < 4.78 is 5.31. The average molecular weight is 604 g/mol. The van der Waals surface area contributed by atoms with Gasteiger partial charge in [-0.15, -0.1) is 24.8 Å². The van der Waals surface area contributed by atoms with Crippen LogP contribution in [0.25, 0.3) is 0 Å². The van der Waals surface area contributed by atoms with Crippen LogP contribution in [-0.4, -0.2) is 55.5 Å². The zero-order valence-electron chi connectivity index (χ0n) is 24.2. The summed E-state index contributed by atoms with van der Waals surface area (Å²) >= 11 is 0. The number of halogens is 2. The predicted molar refractivity (Wildman–Crippen MR) is 171 cm³/mol. The van der Waals surface area contributed by atoms with Gasteiger partial charge in [0.15, 0.2) is 0 Å². The molecule has 224 valence electrons. The van der Waals surface area contributed by atoms with E-state index in [2.05, 4.69) is 24.5 Å². The zero-order valence-corrected chi connectivity index (χ0v) is 25.8. The van der Waals surface area contributed by atoms with E-state index >= 15 is 0 Å². The summed E-state index contributed by atoms with van der Waals surface area (Å²) in [6.07, 6.45) is 2.36. The normalized spacial score (nSPS) is 11.8. The van der Waals surface area contributed by atoms with Gasteiger partial charge >= 0.3 is 0 Å². The van der Waals surface area contributed by atoms with Crippen molar-refractivity contribution in [3.05, 3.63) is 101 Å². The van der Waals surface area contributed by atoms with E-state index in [1.165, 1.54) is 0 Å². The Kier molecular flexibility index (Phi) is 16.7. The van der Waals surface area contributed by atoms with Crippen LogP contribution < -0.4 is 21.1 Å². The van der Waals surface area contributed by atoms with Crippen molar-refractivity contribution in [2.45, 2.75) is 51.7 Å². The van der Waals surface area contributed by atoms with Crippen molar-refractivity contribution in [2.75, 3.05) is 26.7 Å². The lowest BCUT2D eigenvalue weighted by Crippen LogP contribution is -2.53. The number of nitrogens with one attached hydrogen (secondary N) is 2. The number of carbonyl (C=O) groups is 2. The van der Waals surface area contributed by atoms with Crippen molar-refractivity contribution in [3.63, 3.8) is 0 Å². The standard InChI is InChI=1S/C32H42N4O3.2ClH/c1-4-17-36(18-5-2)32(38)27-15-10-14-26(21-27)31(37)35-30(20-24-11-7-6-8-12-24)29(33)23-34-22-25-13-9-16-28(19-25)39-3;;/h6-16,19,21,29-30,34H,4-5,17-18,20,22-23,33H2,1-3H3,(H,35,37);2*1H/t29?,30-;;/m0../s1. The van der Waals surface area contributed by atoms with Crippen LogP contribution in [0.15, 0.2) is 78.9 Å². The van der Waals surface area contributed by atoms with E-state index in [0.29, 0.717) is 43.7 Å². The van der Waals surface area contributed by atoms with Gasteiger partial charge in [-0.1, -0.05) is 62.4 Å². The third-order valence-electron chi connectivity index (χ3n) is 6.62. The Bertz CT molecular complexity index is 1190. The van der Waals surface area contributed by atoms with Crippen molar-refractivity contribution in [1.29, 1.82) is 0 Å². The van der Waals surface area contributed by atoms with Crippen LogP contribution in [0.4, 0.5) is 0 Å². The van der Waals surface area contributed by atoms with E-state index in [-0.39, 0.29) is 48.7 Å². The van der Waals surface area contributed by atoms with Gasteiger partial charge < -0.3 is 26.0 Å². The minimum atomic E-state index is -0.339. The summed E-state index contributed by atoms with van der Waals surface area (Å²) in [5, 5.41) is 6.56. The first-order chi connectivity index (χ1) is 18.9. The minimum absolute atomic E-state index is 0. The van der Waals surface area contributed by atoms with Gasteiger partial charge in [0.05, 0.1) is 7.11 Å². The average Bonchev–Trinajstić information content (AvgIpc) is 2.97. The quantitative estimate of drug-likeness (QED) is 0.220. The van der Waals surface area contributed by atoms with E-state index in [1.54, 1.807) is 31.4 Å². The Labute approximate surface area is 257 Å². The molecule has 9 heteroatoms. The number of nitrogens with two attached hydrogens (primary N) is 1. The van der Waals surface area contributed by atoms with E-state index in [4.69, 9.17) is 10.5 Å². The second kappa shape index (κ2) is 19.1. The highest BCUT2D eigenvalue weighted by Crippen LogP contribution is 2.14. The molecule has 0 aliphatic carbocycles. The van der Waals surface area contributed by atoms with E-state index in [1.807, 2.05) is 59.5 Å². The molecular formula is C32H44Cl2N4O3. The Hall–Kier alpha value is -3.10. The van der Waals surface area contributed by atoms with Gasteiger partial charge in [-0.3, -0.25) is 9.59 Å². The summed E-state index contributed by atoms with van der Waals surface area (Å²) in [5.41, 5.74) is 9.78. The molecule has 41 heavy (non-hydrogen) atoms. The maximum Gasteiger partial charge on any atom is 0.253 e. The molecule has 0 radical (unpaired) electrons. The van der Waals surface area contributed by atoms with Crippen LogP contribution in [0.3, 0.4) is 0 Å². The molecule has 3 aromatic carbocycles. The molecule has 0 bridgehead atoms. The van der Waals surface area contributed by atoms with Gasteiger partial charge in [-0.05, 0) is 60.7 Å². The molecule has 0 saturated carbocycles. The minimum Gasteiger partial charge on any atom is -0.497 e. The summed E-state index contributed by atoms with van der Waals surface area (Å²) in [6.45, 7) is 6.65. The molecule has 4 N–H and O–H groups in total. The Morgan fingerprint density at radius 1 is 0.854 bits per heavy atom. The van der Waals surface area contributed by atoms with Crippen molar-refractivity contribution in [3.8, 4) is 5.75 Å². The van der Waals surface area contributed by atoms with Gasteiger partial charge in [0.2, 0.25) is 0 Å². The Balaban J connectivity index is 0.00000420. The smallest absolute Gasteiger partial charge is 0.253 e. The number of amides is 2. The third-order valence-corrected chi connectivity index (χ3v) is 6.62. The maximum atomic E-state index is 13.4. The second-order valence-corrected chi connectivity index (χ2v) is 9.79. The van der Waals surface area contributed by atoms with Gasteiger partial charge in [0, 0.05) is 49.4 Å². The summed E-state index contributed by atoms with van der Waals surface area (Å²) in [6, 6.07) is 24.2. The first-order valence-electron chi connectivity index (χ1n) is 13.8. The molecule has 0 aliphatic heterocycles. The zero-order chi connectivity index (χ0) is 28.0. The second-order valence-electron chi connectivity index (χ2n) is 9.79. The van der Waals surface area contributed by atoms with Gasteiger partial charge in [0.1, 0.15) is 5.75 Å². The lowest BCUT2D eigenvalue weighted by atomic mass is 9.98. The fourth-order valence-electron chi connectivity index (χ4n) is 4.57. The predicted octanol–water partition coefficient (Wildman–Crippen LogP) is 5.26. The highest BCUT2D eigenvalue weighted by atomic mass is 35.5. The number of nitrogens with zero attached hydrogens (tertiary/aromatic N) is 1. The first-order valence-corrected chi connectivity index (χ1v) is 13.8. The molecule has 0 heterocycles. The van der Waals surface area contributed by atoms with Gasteiger partial charge in [-0.25, -0.2) is 0 Å². The molecule has 0 saturated heterocycles. The highest BCUT2D eigenvalue weighted by Gasteiger charge is 2.22. The van der Waals surface area contributed by atoms with Crippen LogP contribution >= 0.6 is 24.8 Å². The molecule has 0 aliphatic rings. The largest absolute Gasteiger partial charge is 0.497 e. The number of hydrogen-bond acceptors (Lipinski definition) is 5. The van der Waals surface area contributed by atoms with Crippen LogP contribution in [0.2, 0.25) is 0 Å². The molecule has 3 aromatic rings. The first kappa shape index (κ1) is 35.9. The van der Waals surface area contributed by atoms with Crippen LogP contribution in [0.1, 0.15) is 58.5 Å². The maximum absolute atomic E-state index is 13.4. The lowest BCUT2D eigenvalue weighted by Gasteiger charge is -2.26. The van der Waals surface area contributed by atoms with Crippen molar-refractivity contribution in [2.24, 2.45) is 5.73 Å². The molecule has 0 aromatic heterocycles. The number of methoxy groups -OCH3 is 1. The number of ether oxygens (including phenoxy) is 1. The number of benzene rings is 3. The van der Waals surface area contributed by atoms with Crippen LogP contribution in [-0.2, 0) is 13.0 Å². The van der Waals surface area contributed by atoms with E-state index in [0.717, 1.165) is 29.7 Å². The number of carbonyl (C=O) groups excluding carboxylic acids is 2. The molecule has 1 unspecified atom stereocenters. The molecule has 2 amide bonds. The SMILES string of the molecule is CCCN(CCC)C(=O)c1cccc(C(=O)N[C@@H](Cc2ccccc2)C(N)CNCc2cccc(OC)c2)c1.Cl.Cl. The summed E-state index contributed by atoms with van der Waals surface area (Å²) in [4.78, 5) is 28.3. The molecule has 2 atom stereocenters. The molecule has 0 fully saturated rings. The van der Waals surface area contributed by atoms with E-state index < -0.39 is 0 Å². The monoisotopic (exact) mass is 602 g/mol. The topological polar surface area (TPSA) is 96.7 Å². The Morgan fingerprint density at radius 2 is 1.49 bits per heavy atom. The van der Waals surface area contributed by atoms with Crippen LogP contribution in [0.5, 0.6) is 5.75 Å². The highest BCUT2D eigenvalue weighted by molar-refractivity contribution is 5.99. The van der Waals surface area contributed by atoms with Crippen molar-refractivity contribution >= 4 is 36.6 Å².